The zero-order chi connectivity index (χ0) is 12.9. The van der Waals surface area contributed by atoms with E-state index in [1.54, 1.807) is 13.8 Å². The third-order valence-corrected chi connectivity index (χ3v) is 2.10. The van der Waals surface area contributed by atoms with Crippen LogP contribution in [0.4, 0.5) is 6.01 Å². The zero-order valence-corrected chi connectivity index (χ0v) is 9.77. The Bertz CT molecular complexity index is 373. The second kappa shape index (κ2) is 5.65. The summed E-state index contributed by atoms with van der Waals surface area (Å²) in [5.74, 6) is -0.584. The third-order valence-electron chi connectivity index (χ3n) is 2.10. The van der Waals surface area contributed by atoms with E-state index in [4.69, 9.17) is 19.4 Å². The molecule has 0 atom stereocenters. The van der Waals surface area contributed by atoms with E-state index < -0.39 is 11.5 Å². The summed E-state index contributed by atoms with van der Waals surface area (Å²) in [6.07, 6.45) is 1.15. The van der Waals surface area contributed by atoms with Crippen molar-refractivity contribution in [3.63, 3.8) is 0 Å². The van der Waals surface area contributed by atoms with Crippen LogP contribution in [0.5, 0.6) is 0 Å². The SMILES string of the molecule is CCOC(=O)c1coc(NC(C)(CO)CO)n1. The summed E-state index contributed by atoms with van der Waals surface area (Å²) >= 11 is 0. The third kappa shape index (κ3) is 3.43. The van der Waals surface area contributed by atoms with Crippen LogP contribution in [0.25, 0.3) is 0 Å². The molecule has 0 aliphatic rings. The van der Waals surface area contributed by atoms with Gasteiger partial charge in [0.2, 0.25) is 0 Å². The van der Waals surface area contributed by atoms with E-state index >= 15 is 0 Å². The summed E-state index contributed by atoms with van der Waals surface area (Å²) in [5, 5.41) is 20.8. The van der Waals surface area contributed by atoms with Gasteiger partial charge in [-0.15, -0.1) is 0 Å². The van der Waals surface area contributed by atoms with Crippen LogP contribution in [-0.2, 0) is 4.74 Å². The first-order chi connectivity index (χ1) is 8.04. The molecule has 0 saturated carbocycles. The van der Waals surface area contributed by atoms with Crippen LogP contribution >= 0.6 is 0 Å². The average molecular weight is 244 g/mol. The number of aromatic nitrogens is 1. The predicted molar refractivity (Wildman–Crippen MR) is 58.7 cm³/mol. The fourth-order valence-electron chi connectivity index (χ4n) is 1.02. The Morgan fingerprint density at radius 2 is 2.24 bits per heavy atom. The maximum absolute atomic E-state index is 11.3. The fourth-order valence-corrected chi connectivity index (χ4v) is 1.02. The molecule has 0 bridgehead atoms. The van der Waals surface area contributed by atoms with Gasteiger partial charge in [0, 0.05) is 0 Å². The van der Waals surface area contributed by atoms with Crippen LogP contribution in [0.3, 0.4) is 0 Å². The first kappa shape index (κ1) is 13.5. The Kier molecular flexibility index (Phi) is 4.47. The highest BCUT2D eigenvalue weighted by atomic mass is 16.5. The van der Waals surface area contributed by atoms with Gasteiger partial charge in [-0.3, -0.25) is 0 Å². The number of ether oxygens (including phenoxy) is 1. The minimum Gasteiger partial charge on any atom is -0.461 e. The number of aliphatic hydroxyl groups excluding tert-OH is 2. The number of nitrogens with one attached hydrogen (secondary N) is 1. The lowest BCUT2D eigenvalue weighted by Gasteiger charge is -2.24. The Labute approximate surface area is 98.4 Å². The molecule has 0 fully saturated rings. The Morgan fingerprint density at radius 3 is 2.76 bits per heavy atom. The molecule has 0 radical (unpaired) electrons. The lowest BCUT2D eigenvalue weighted by atomic mass is 10.1. The fraction of sp³-hybridized carbons (Fsp3) is 0.600. The first-order valence-electron chi connectivity index (χ1n) is 5.17. The summed E-state index contributed by atoms with van der Waals surface area (Å²) in [4.78, 5) is 15.1. The van der Waals surface area contributed by atoms with Gasteiger partial charge >= 0.3 is 5.97 Å². The van der Waals surface area contributed by atoms with Crippen molar-refractivity contribution in [1.29, 1.82) is 0 Å². The quantitative estimate of drug-likeness (QED) is 0.605. The zero-order valence-electron chi connectivity index (χ0n) is 9.77. The van der Waals surface area contributed by atoms with E-state index in [-0.39, 0.29) is 31.5 Å². The van der Waals surface area contributed by atoms with E-state index in [0.717, 1.165) is 6.26 Å². The second-order valence-corrected chi connectivity index (χ2v) is 3.76. The predicted octanol–water partition coefficient (Wildman–Crippen LogP) is 0.00650. The molecule has 3 N–H and O–H groups in total. The van der Waals surface area contributed by atoms with Crippen LogP contribution < -0.4 is 5.32 Å². The molecule has 7 nitrogen and oxygen atoms in total. The number of nitrogens with zero attached hydrogens (tertiary/aromatic N) is 1. The Hall–Kier alpha value is -1.60. The number of carbonyl (C=O) groups excluding carboxylic acids is 1. The average Bonchev–Trinajstić information content (AvgIpc) is 2.77. The van der Waals surface area contributed by atoms with Gasteiger partial charge in [0.15, 0.2) is 5.69 Å². The summed E-state index contributed by atoms with van der Waals surface area (Å²) < 4.78 is 9.72. The molecule has 7 heteroatoms. The van der Waals surface area contributed by atoms with E-state index in [1.807, 2.05) is 0 Å². The topological polar surface area (TPSA) is 105 Å². The first-order valence-corrected chi connectivity index (χ1v) is 5.17. The molecule has 0 amide bonds. The van der Waals surface area contributed by atoms with E-state index in [2.05, 4.69) is 10.3 Å². The molecule has 0 aliphatic carbocycles. The molecule has 1 aromatic heterocycles. The number of oxazole rings is 1. The molecule has 1 aromatic rings. The second-order valence-electron chi connectivity index (χ2n) is 3.76. The van der Waals surface area contributed by atoms with Crippen molar-refractivity contribution >= 4 is 12.0 Å². The Balaban J connectivity index is 2.71. The number of carbonyl (C=O) groups is 1. The molecule has 96 valence electrons. The van der Waals surface area contributed by atoms with Crippen molar-refractivity contribution in [2.45, 2.75) is 19.4 Å². The number of esters is 1. The van der Waals surface area contributed by atoms with Crippen LogP contribution in [0.1, 0.15) is 24.3 Å². The molecule has 0 spiro atoms. The van der Waals surface area contributed by atoms with Crippen LogP contribution in [0, 0.1) is 0 Å². The molecule has 17 heavy (non-hydrogen) atoms. The van der Waals surface area contributed by atoms with Gasteiger partial charge in [0.05, 0.1) is 25.4 Å². The molecule has 0 unspecified atom stereocenters. The molecule has 0 saturated heterocycles. The highest BCUT2D eigenvalue weighted by molar-refractivity contribution is 5.87. The van der Waals surface area contributed by atoms with Crippen molar-refractivity contribution in [3.05, 3.63) is 12.0 Å². The summed E-state index contributed by atoms with van der Waals surface area (Å²) in [5.41, 5.74) is -0.927. The standard InChI is InChI=1S/C10H16N2O5/c1-3-16-8(15)7-4-17-9(11-7)12-10(2,5-13)6-14/h4,13-14H,3,5-6H2,1-2H3,(H,11,12). The van der Waals surface area contributed by atoms with Crippen LogP contribution in [0.2, 0.25) is 0 Å². The minimum atomic E-state index is -0.962. The van der Waals surface area contributed by atoms with E-state index in [1.165, 1.54) is 0 Å². The van der Waals surface area contributed by atoms with Crippen LogP contribution in [-0.4, -0.2) is 46.5 Å². The number of hydrogen-bond acceptors (Lipinski definition) is 7. The van der Waals surface area contributed by atoms with Crippen molar-refractivity contribution in [2.75, 3.05) is 25.1 Å². The monoisotopic (exact) mass is 244 g/mol. The van der Waals surface area contributed by atoms with E-state index in [9.17, 15) is 4.79 Å². The number of anilines is 1. The summed E-state index contributed by atoms with van der Waals surface area (Å²) in [6, 6.07) is 0.0404. The maximum Gasteiger partial charge on any atom is 0.360 e. The minimum absolute atomic E-state index is 0.0348. The molecule has 1 rings (SSSR count). The smallest absolute Gasteiger partial charge is 0.360 e. The number of aliphatic hydroxyl groups is 2. The normalized spacial score (nSPS) is 11.3. The van der Waals surface area contributed by atoms with Crippen molar-refractivity contribution in [3.8, 4) is 0 Å². The van der Waals surface area contributed by atoms with E-state index in [0.29, 0.717) is 0 Å². The van der Waals surface area contributed by atoms with Crippen molar-refractivity contribution in [1.82, 2.24) is 4.98 Å². The van der Waals surface area contributed by atoms with Crippen LogP contribution in [0.15, 0.2) is 10.7 Å². The summed E-state index contributed by atoms with van der Waals surface area (Å²) in [7, 11) is 0. The largest absolute Gasteiger partial charge is 0.461 e. The molecular weight excluding hydrogens is 228 g/mol. The molecular formula is C10H16N2O5. The lowest BCUT2D eigenvalue weighted by molar-refractivity contribution is 0.0519. The lowest BCUT2D eigenvalue weighted by Crippen LogP contribution is -2.42. The van der Waals surface area contributed by atoms with Gasteiger partial charge in [-0.1, -0.05) is 0 Å². The highest BCUT2D eigenvalue weighted by Crippen LogP contribution is 2.14. The maximum atomic E-state index is 11.3. The highest BCUT2D eigenvalue weighted by Gasteiger charge is 2.25. The van der Waals surface area contributed by atoms with Crippen molar-refractivity contribution < 1.29 is 24.2 Å². The Morgan fingerprint density at radius 1 is 1.59 bits per heavy atom. The summed E-state index contributed by atoms with van der Waals surface area (Å²) in [6.45, 7) is 2.91. The number of rotatable bonds is 6. The molecule has 0 aliphatic heterocycles. The van der Waals surface area contributed by atoms with Gasteiger partial charge in [-0.05, 0) is 13.8 Å². The van der Waals surface area contributed by atoms with Crippen molar-refractivity contribution in [2.24, 2.45) is 0 Å². The van der Waals surface area contributed by atoms with Gasteiger partial charge in [0.1, 0.15) is 6.26 Å². The van der Waals surface area contributed by atoms with Gasteiger partial charge in [-0.2, -0.15) is 4.98 Å². The molecule has 0 aromatic carbocycles. The number of hydrogen-bond donors (Lipinski definition) is 3. The van der Waals surface area contributed by atoms with Gasteiger partial charge in [-0.25, -0.2) is 4.79 Å². The molecule has 1 heterocycles. The van der Waals surface area contributed by atoms with Gasteiger partial charge < -0.3 is 24.7 Å². The van der Waals surface area contributed by atoms with Gasteiger partial charge in [0.25, 0.3) is 6.01 Å².